The summed E-state index contributed by atoms with van der Waals surface area (Å²) in [6.07, 6.45) is 0.385. The van der Waals surface area contributed by atoms with Crippen molar-refractivity contribution in [2.75, 3.05) is 6.61 Å². The molecule has 0 saturated heterocycles. The molecule has 24 heavy (non-hydrogen) atoms. The summed E-state index contributed by atoms with van der Waals surface area (Å²) in [5.74, 6) is -1.26. The summed E-state index contributed by atoms with van der Waals surface area (Å²) in [5.41, 5.74) is 2.72. The number of benzene rings is 2. The highest BCUT2D eigenvalue weighted by molar-refractivity contribution is 8.01. The van der Waals surface area contributed by atoms with Crippen LogP contribution < -0.4 is 0 Å². The smallest absolute Gasteiger partial charge is 0.336 e. The van der Waals surface area contributed by atoms with Crippen molar-refractivity contribution in [3.8, 4) is 0 Å². The molecule has 122 valence electrons. The van der Waals surface area contributed by atoms with Crippen LogP contribution in [0.4, 0.5) is 0 Å². The van der Waals surface area contributed by atoms with Gasteiger partial charge in [-0.1, -0.05) is 18.2 Å². The molecule has 0 saturated carbocycles. The average molecular weight is 341 g/mol. The van der Waals surface area contributed by atoms with Gasteiger partial charge in [0.2, 0.25) is 0 Å². The Morgan fingerprint density at radius 3 is 2.88 bits per heavy atom. The Hall–Kier alpha value is -2.47. The molecule has 2 N–H and O–H groups in total. The summed E-state index contributed by atoms with van der Waals surface area (Å²) in [7, 11) is 0. The number of aromatic amines is 1. The Morgan fingerprint density at radius 2 is 2.12 bits per heavy atom. The predicted octanol–water partition coefficient (Wildman–Crippen LogP) is 3.60. The van der Waals surface area contributed by atoms with E-state index in [1.54, 1.807) is 13.0 Å². The highest BCUT2D eigenvalue weighted by Gasteiger charge is 2.34. The monoisotopic (exact) mass is 341 g/mol. The van der Waals surface area contributed by atoms with Crippen LogP contribution in [-0.4, -0.2) is 33.9 Å². The van der Waals surface area contributed by atoms with E-state index < -0.39 is 11.2 Å². The van der Waals surface area contributed by atoms with Gasteiger partial charge < -0.3 is 14.8 Å². The van der Waals surface area contributed by atoms with E-state index in [0.29, 0.717) is 13.0 Å². The average Bonchev–Trinajstić information content (AvgIpc) is 3.14. The van der Waals surface area contributed by atoms with Gasteiger partial charge in [0.05, 0.1) is 12.2 Å². The number of ether oxygens (including phenoxy) is 1. The van der Waals surface area contributed by atoms with Crippen LogP contribution in [0.2, 0.25) is 0 Å². The quantitative estimate of drug-likeness (QED) is 0.712. The molecule has 0 radical (unpaired) electrons. The fraction of sp³-hybridized carbons (Fsp3) is 0.222. The molecule has 0 fully saturated rings. The van der Waals surface area contributed by atoms with Crippen molar-refractivity contribution < 1.29 is 19.4 Å². The van der Waals surface area contributed by atoms with Crippen LogP contribution >= 0.6 is 11.8 Å². The van der Waals surface area contributed by atoms with E-state index in [2.05, 4.69) is 4.98 Å². The lowest BCUT2D eigenvalue weighted by Gasteiger charge is -2.06. The third-order valence-corrected chi connectivity index (χ3v) is 5.61. The van der Waals surface area contributed by atoms with Crippen molar-refractivity contribution in [3.63, 3.8) is 0 Å². The Labute approximate surface area is 142 Å². The molecule has 0 amide bonds. The van der Waals surface area contributed by atoms with Crippen LogP contribution in [0.1, 0.15) is 22.8 Å². The Morgan fingerprint density at radius 1 is 1.33 bits per heavy atom. The number of fused-ring (bicyclic) bond motifs is 5. The van der Waals surface area contributed by atoms with Crippen LogP contribution in [0.15, 0.2) is 35.2 Å². The van der Waals surface area contributed by atoms with Gasteiger partial charge >= 0.3 is 11.9 Å². The molecule has 6 heteroatoms. The molecule has 3 aromatic rings. The molecule has 0 aliphatic carbocycles. The second kappa shape index (κ2) is 5.56. The molecule has 0 spiro atoms. The molecule has 0 bridgehead atoms. The summed E-state index contributed by atoms with van der Waals surface area (Å²) < 4.78 is 5.12. The van der Waals surface area contributed by atoms with E-state index in [4.69, 9.17) is 4.74 Å². The SMILES string of the molecule is CCOC(=O)C1Cc2c(C(=O)O)cc3[nH]c4ccccc4c3c2S1. The molecule has 2 aromatic carbocycles. The summed E-state index contributed by atoms with van der Waals surface area (Å²) in [4.78, 5) is 28.0. The Bertz CT molecular complexity index is 992. The van der Waals surface area contributed by atoms with E-state index in [-0.39, 0.29) is 11.5 Å². The van der Waals surface area contributed by atoms with Crippen molar-refractivity contribution in [1.82, 2.24) is 4.98 Å². The van der Waals surface area contributed by atoms with E-state index in [1.807, 2.05) is 24.3 Å². The topological polar surface area (TPSA) is 79.4 Å². The molecule has 1 aliphatic rings. The number of H-pyrrole nitrogens is 1. The molecular weight excluding hydrogens is 326 g/mol. The summed E-state index contributed by atoms with van der Waals surface area (Å²) in [6, 6.07) is 9.53. The highest BCUT2D eigenvalue weighted by Crippen LogP contribution is 2.46. The first kappa shape index (κ1) is 15.1. The number of nitrogens with one attached hydrogen (secondary N) is 1. The summed E-state index contributed by atoms with van der Waals surface area (Å²) in [6.45, 7) is 2.09. The van der Waals surface area contributed by atoms with Crippen LogP contribution in [0.3, 0.4) is 0 Å². The Kier molecular flexibility index (Phi) is 3.49. The van der Waals surface area contributed by atoms with Gasteiger partial charge in [-0.15, -0.1) is 11.8 Å². The second-order valence-corrected chi connectivity index (χ2v) is 6.91. The number of hydrogen-bond acceptors (Lipinski definition) is 4. The number of aromatic nitrogens is 1. The van der Waals surface area contributed by atoms with Crippen molar-refractivity contribution >= 4 is 45.5 Å². The van der Waals surface area contributed by atoms with Crippen LogP contribution in [0.5, 0.6) is 0 Å². The lowest BCUT2D eigenvalue weighted by Crippen LogP contribution is -2.19. The van der Waals surface area contributed by atoms with Crippen LogP contribution in [0.25, 0.3) is 21.8 Å². The van der Waals surface area contributed by atoms with E-state index >= 15 is 0 Å². The van der Waals surface area contributed by atoms with Gasteiger partial charge in [0, 0.05) is 26.7 Å². The number of carbonyl (C=O) groups is 2. The van der Waals surface area contributed by atoms with Gasteiger partial charge in [0.1, 0.15) is 5.25 Å². The number of hydrogen-bond donors (Lipinski definition) is 2. The first-order chi connectivity index (χ1) is 11.6. The molecular formula is C18H15NO4S. The minimum atomic E-state index is -0.975. The van der Waals surface area contributed by atoms with Crippen LogP contribution in [-0.2, 0) is 16.0 Å². The summed E-state index contributed by atoms with van der Waals surface area (Å²) >= 11 is 1.41. The molecule has 4 rings (SSSR count). The van der Waals surface area contributed by atoms with Gasteiger partial charge in [-0.2, -0.15) is 0 Å². The zero-order chi connectivity index (χ0) is 16.8. The number of carboxylic acids is 1. The minimum Gasteiger partial charge on any atom is -0.478 e. The van der Waals surface area contributed by atoms with Crippen molar-refractivity contribution in [2.24, 2.45) is 0 Å². The fourth-order valence-electron chi connectivity index (χ4n) is 3.28. The lowest BCUT2D eigenvalue weighted by atomic mass is 9.99. The van der Waals surface area contributed by atoms with Crippen molar-refractivity contribution in [1.29, 1.82) is 0 Å². The van der Waals surface area contributed by atoms with Gasteiger partial charge in [-0.05, 0) is 31.0 Å². The maximum absolute atomic E-state index is 12.1. The number of esters is 1. The third-order valence-electron chi connectivity index (χ3n) is 4.28. The van der Waals surface area contributed by atoms with Crippen molar-refractivity contribution in [3.05, 3.63) is 41.5 Å². The summed E-state index contributed by atoms with van der Waals surface area (Å²) in [5, 5.41) is 11.2. The molecule has 2 heterocycles. The Balaban J connectivity index is 1.96. The standard InChI is InChI=1S/C18H15NO4S/c1-2-23-18(22)14-8-10-11(17(20)21)7-13-15(16(10)24-14)9-5-3-4-6-12(9)19-13/h3-7,14,19H,2,8H2,1H3,(H,20,21). The molecule has 1 aromatic heterocycles. The number of carbonyl (C=O) groups excluding carboxylic acids is 1. The number of carboxylic acid groups (broad SMARTS) is 1. The second-order valence-electron chi connectivity index (χ2n) is 5.69. The number of thioether (sulfide) groups is 1. The zero-order valence-electron chi connectivity index (χ0n) is 13.0. The van der Waals surface area contributed by atoms with E-state index in [9.17, 15) is 14.7 Å². The number of para-hydroxylation sites is 1. The predicted molar refractivity (Wildman–Crippen MR) is 92.7 cm³/mol. The van der Waals surface area contributed by atoms with Gasteiger partial charge in [-0.3, -0.25) is 4.79 Å². The number of aromatic carboxylic acids is 1. The van der Waals surface area contributed by atoms with Crippen LogP contribution in [0, 0.1) is 0 Å². The number of rotatable bonds is 3. The molecule has 1 unspecified atom stereocenters. The fourth-order valence-corrected chi connectivity index (χ4v) is 4.65. The molecule has 1 atom stereocenters. The van der Waals surface area contributed by atoms with Gasteiger partial charge in [0.15, 0.2) is 0 Å². The maximum Gasteiger partial charge on any atom is 0.336 e. The first-order valence-corrected chi connectivity index (χ1v) is 8.61. The van der Waals surface area contributed by atoms with Gasteiger partial charge in [0.25, 0.3) is 0 Å². The largest absolute Gasteiger partial charge is 0.478 e. The van der Waals surface area contributed by atoms with E-state index in [1.165, 1.54) is 11.8 Å². The normalized spacial score (nSPS) is 16.5. The zero-order valence-corrected chi connectivity index (χ0v) is 13.8. The molecule has 1 aliphatic heterocycles. The third kappa shape index (κ3) is 2.17. The lowest BCUT2D eigenvalue weighted by molar-refractivity contribution is -0.142. The minimum absolute atomic E-state index is 0.253. The van der Waals surface area contributed by atoms with Gasteiger partial charge in [-0.25, -0.2) is 4.79 Å². The molecule has 5 nitrogen and oxygen atoms in total. The van der Waals surface area contributed by atoms with Crippen molar-refractivity contribution in [2.45, 2.75) is 23.5 Å². The van der Waals surface area contributed by atoms with E-state index in [0.717, 1.165) is 32.3 Å². The maximum atomic E-state index is 12.1. The first-order valence-electron chi connectivity index (χ1n) is 7.73. The highest BCUT2D eigenvalue weighted by atomic mass is 32.2.